The summed E-state index contributed by atoms with van der Waals surface area (Å²) in [6.07, 6.45) is 0.323. The monoisotopic (exact) mass is 407 g/mol. The summed E-state index contributed by atoms with van der Waals surface area (Å²) in [7, 11) is 0. The van der Waals surface area contributed by atoms with Gasteiger partial charge >= 0.3 is 0 Å². The highest BCUT2D eigenvalue weighted by atomic mass is 19.1. The van der Waals surface area contributed by atoms with Crippen molar-refractivity contribution in [3.05, 3.63) is 88.8 Å². The fourth-order valence-electron chi connectivity index (χ4n) is 3.87. The van der Waals surface area contributed by atoms with Crippen LogP contribution in [0.2, 0.25) is 0 Å². The van der Waals surface area contributed by atoms with Crippen molar-refractivity contribution >= 4 is 11.8 Å². The lowest BCUT2D eigenvalue weighted by Gasteiger charge is -2.31. The molecule has 2 aromatic carbocycles. The van der Waals surface area contributed by atoms with Crippen LogP contribution < -0.4 is 5.32 Å². The van der Waals surface area contributed by atoms with E-state index in [1.807, 2.05) is 30.3 Å². The largest absolute Gasteiger partial charge is 0.361 e. The van der Waals surface area contributed by atoms with Gasteiger partial charge in [0.15, 0.2) is 0 Å². The van der Waals surface area contributed by atoms with Crippen molar-refractivity contribution in [2.45, 2.75) is 32.0 Å². The number of alkyl halides is 1. The van der Waals surface area contributed by atoms with Crippen LogP contribution >= 0.6 is 0 Å². The quantitative estimate of drug-likeness (QED) is 0.652. The first-order valence-corrected chi connectivity index (χ1v) is 9.80. The second-order valence-corrected chi connectivity index (χ2v) is 7.35. The van der Waals surface area contributed by atoms with E-state index in [4.69, 9.17) is 4.52 Å². The number of hydrogen-bond donors (Lipinski definition) is 1. The highest BCUT2D eigenvalue weighted by molar-refractivity contribution is 6.04. The lowest BCUT2D eigenvalue weighted by Crippen LogP contribution is -2.46. The number of amides is 2. The molecule has 0 aliphatic carbocycles. The lowest BCUT2D eigenvalue weighted by molar-refractivity contribution is -0.126. The Kier molecular flexibility index (Phi) is 5.61. The van der Waals surface area contributed by atoms with Crippen molar-refractivity contribution < 1.29 is 18.5 Å². The van der Waals surface area contributed by atoms with Crippen LogP contribution in [0.15, 0.2) is 65.2 Å². The minimum absolute atomic E-state index is 0.163. The Morgan fingerprint density at radius 2 is 1.93 bits per heavy atom. The Labute approximate surface area is 173 Å². The van der Waals surface area contributed by atoms with E-state index in [-0.39, 0.29) is 18.4 Å². The van der Waals surface area contributed by atoms with Crippen LogP contribution in [0.1, 0.15) is 39.0 Å². The molecule has 0 radical (unpaired) electrons. The van der Waals surface area contributed by atoms with Crippen LogP contribution in [0.25, 0.3) is 0 Å². The summed E-state index contributed by atoms with van der Waals surface area (Å²) in [5.41, 5.74) is 2.50. The third kappa shape index (κ3) is 3.83. The summed E-state index contributed by atoms with van der Waals surface area (Å²) in [4.78, 5) is 27.6. The zero-order valence-electron chi connectivity index (χ0n) is 16.5. The Morgan fingerprint density at radius 3 is 2.63 bits per heavy atom. The van der Waals surface area contributed by atoms with E-state index in [9.17, 15) is 14.0 Å². The van der Waals surface area contributed by atoms with Gasteiger partial charge in [-0.1, -0.05) is 53.7 Å². The van der Waals surface area contributed by atoms with Crippen molar-refractivity contribution in [3.8, 4) is 0 Å². The third-order valence-electron chi connectivity index (χ3n) is 5.25. The number of hydrogen-bond acceptors (Lipinski definition) is 4. The number of aromatic nitrogens is 1. The lowest BCUT2D eigenvalue weighted by atomic mass is 10.0. The van der Waals surface area contributed by atoms with Crippen LogP contribution in [-0.4, -0.2) is 34.6 Å². The average Bonchev–Trinajstić information content (AvgIpc) is 3.32. The molecule has 1 N–H and O–H groups in total. The molecule has 2 atom stereocenters. The maximum atomic E-state index is 14.1. The molecule has 7 heteroatoms. The molecule has 0 saturated carbocycles. The highest BCUT2D eigenvalue weighted by Gasteiger charge is 2.44. The SMILES string of the molecule is Cc1cc(CNC(=O)C2c3ccccc3C(=O)N2C(CF)Cc2ccccc2)no1. The summed E-state index contributed by atoms with van der Waals surface area (Å²) in [5, 5.41) is 6.68. The van der Waals surface area contributed by atoms with Gasteiger partial charge in [-0.2, -0.15) is 0 Å². The topological polar surface area (TPSA) is 75.4 Å². The molecule has 30 heavy (non-hydrogen) atoms. The van der Waals surface area contributed by atoms with Gasteiger partial charge in [-0.05, 0) is 30.5 Å². The zero-order valence-corrected chi connectivity index (χ0v) is 16.5. The van der Waals surface area contributed by atoms with E-state index >= 15 is 0 Å². The van der Waals surface area contributed by atoms with E-state index < -0.39 is 18.8 Å². The molecule has 1 aliphatic heterocycles. The molecule has 1 aromatic heterocycles. The maximum absolute atomic E-state index is 14.1. The zero-order chi connectivity index (χ0) is 21.1. The van der Waals surface area contributed by atoms with Gasteiger partial charge in [-0.3, -0.25) is 9.59 Å². The Bertz CT molecular complexity index is 1050. The molecule has 4 rings (SSSR count). The van der Waals surface area contributed by atoms with Gasteiger partial charge in [0.1, 0.15) is 24.2 Å². The minimum atomic E-state index is -0.897. The van der Waals surface area contributed by atoms with E-state index in [0.29, 0.717) is 29.0 Å². The first-order chi connectivity index (χ1) is 14.6. The van der Waals surface area contributed by atoms with E-state index in [1.165, 1.54) is 4.90 Å². The maximum Gasteiger partial charge on any atom is 0.255 e. The summed E-state index contributed by atoms with van der Waals surface area (Å²) >= 11 is 0. The van der Waals surface area contributed by atoms with Crippen LogP contribution in [-0.2, 0) is 17.8 Å². The second-order valence-electron chi connectivity index (χ2n) is 7.35. The highest BCUT2D eigenvalue weighted by Crippen LogP contribution is 2.36. The standard InChI is InChI=1S/C23H22FN3O3/c1-15-11-17(26-30-15)14-25-22(28)21-19-9-5-6-10-20(19)23(29)27(21)18(13-24)12-16-7-3-2-4-8-16/h2-11,18,21H,12-14H2,1H3,(H,25,28). The molecule has 6 nitrogen and oxygen atoms in total. The van der Waals surface area contributed by atoms with Crippen LogP contribution in [0.5, 0.6) is 0 Å². The summed E-state index contributed by atoms with van der Waals surface area (Å²) < 4.78 is 19.2. The Balaban J connectivity index is 1.61. The molecule has 0 bridgehead atoms. The van der Waals surface area contributed by atoms with Crippen LogP contribution in [0, 0.1) is 6.92 Å². The van der Waals surface area contributed by atoms with Crippen molar-refractivity contribution in [1.29, 1.82) is 0 Å². The molecule has 3 aromatic rings. The number of carbonyl (C=O) groups is 2. The molecular weight excluding hydrogens is 385 g/mol. The smallest absolute Gasteiger partial charge is 0.255 e. The van der Waals surface area contributed by atoms with E-state index in [2.05, 4.69) is 10.5 Å². The van der Waals surface area contributed by atoms with Gasteiger partial charge in [0.05, 0.1) is 12.6 Å². The number of aryl methyl sites for hydroxylation is 1. The summed E-state index contributed by atoms with van der Waals surface area (Å²) in [5.74, 6) is -0.0651. The predicted molar refractivity (Wildman–Crippen MR) is 108 cm³/mol. The van der Waals surface area contributed by atoms with Gasteiger partial charge in [0.2, 0.25) is 5.91 Å². The van der Waals surface area contributed by atoms with Crippen LogP contribution in [0.4, 0.5) is 4.39 Å². The minimum Gasteiger partial charge on any atom is -0.361 e. The number of rotatable bonds is 7. The average molecular weight is 407 g/mol. The van der Waals surface area contributed by atoms with Gasteiger partial charge < -0.3 is 14.7 Å². The first kappa shape index (κ1) is 19.8. The van der Waals surface area contributed by atoms with Crippen molar-refractivity contribution in [2.24, 2.45) is 0 Å². The predicted octanol–water partition coefficient (Wildman–Crippen LogP) is 3.38. The summed E-state index contributed by atoms with van der Waals surface area (Å²) in [6.45, 7) is 1.18. The number of nitrogens with one attached hydrogen (secondary N) is 1. The number of carbonyl (C=O) groups excluding carboxylic acids is 2. The van der Waals surface area contributed by atoms with Gasteiger partial charge in [-0.25, -0.2) is 4.39 Å². The molecule has 154 valence electrons. The molecule has 0 fully saturated rings. The van der Waals surface area contributed by atoms with Crippen molar-refractivity contribution in [2.75, 3.05) is 6.67 Å². The van der Waals surface area contributed by atoms with Gasteiger partial charge in [-0.15, -0.1) is 0 Å². The number of benzene rings is 2. The number of halogens is 1. The Hall–Kier alpha value is -3.48. The van der Waals surface area contributed by atoms with Crippen LogP contribution in [0.3, 0.4) is 0 Å². The number of nitrogens with zero attached hydrogens (tertiary/aromatic N) is 2. The first-order valence-electron chi connectivity index (χ1n) is 9.80. The number of fused-ring (bicyclic) bond motifs is 1. The summed E-state index contributed by atoms with van der Waals surface area (Å²) in [6, 6.07) is 16.4. The van der Waals surface area contributed by atoms with Crippen molar-refractivity contribution in [3.63, 3.8) is 0 Å². The molecule has 2 amide bonds. The molecular formula is C23H22FN3O3. The van der Waals surface area contributed by atoms with E-state index in [0.717, 1.165) is 5.56 Å². The van der Waals surface area contributed by atoms with Crippen molar-refractivity contribution in [1.82, 2.24) is 15.4 Å². The second kappa shape index (κ2) is 8.49. The molecule has 2 unspecified atom stereocenters. The fraction of sp³-hybridized carbons (Fsp3) is 0.261. The molecule has 1 aliphatic rings. The molecule has 2 heterocycles. The third-order valence-corrected chi connectivity index (χ3v) is 5.25. The molecule has 0 spiro atoms. The normalized spacial score (nSPS) is 16.4. The van der Waals surface area contributed by atoms with Gasteiger partial charge in [0.25, 0.3) is 5.91 Å². The fourth-order valence-corrected chi connectivity index (χ4v) is 3.87. The van der Waals surface area contributed by atoms with E-state index in [1.54, 1.807) is 37.3 Å². The van der Waals surface area contributed by atoms with Gasteiger partial charge in [0, 0.05) is 11.6 Å². The Morgan fingerprint density at radius 1 is 1.20 bits per heavy atom. The molecule has 0 saturated heterocycles.